The third-order valence-electron chi connectivity index (χ3n) is 7.21. The van der Waals surface area contributed by atoms with E-state index in [4.69, 9.17) is 18.9 Å². The second-order valence-corrected chi connectivity index (χ2v) is 11.1. The van der Waals surface area contributed by atoms with Gasteiger partial charge in [-0.25, -0.2) is 0 Å². The molecule has 1 aliphatic rings. The van der Waals surface area contributed by atoms with Crippen LogP contribution in [-0.2, 0) is 34.0 Å². The minimum Gasteiger partial charge on any atom is -0.506 e. The Bertz CT molecular complexity index is 1490. The summed E-state index contributed by atoms with van der Waals surface area (Å²) < 4.78 is 25.9. The van der Waals surface area contributed by atoms with Gasteiger partial charge in [0.2, 0.25) is 0 Å². The van der Waals surface area contributed by atoms with Crippen molar-refractivity contribution in [3.8, 4) is 11.5 Å². The van der Waals surface area contributed by atoms with E-state index in [-0.39, 0.29) is 12.4 Å². The number of hydrogen-bond donors (Lipinski definition) is 1. The van der Waals surface area contributed by atoms with Crippen molar-refractivity contribution in [3.63, 3.8) is 0 Å². The van der Waals surface area contributed by atoms with E-state index < -0.39 is 30.5 Å². The molecule has 1 saturated heterocycles. The van der Waals surface area contributed by atoms with Crippen LogP contribution in [0.5, 0.6) is 11.5 Å². The summed E-state index contributed by atoms with van der Waals surface area (Å²) in [6, 6.07) is 32.3. The molecule has 1 aliphatic heterocycles. The summed E-state index contributed by atoms with van der Waals surface area (Å²) in [4.78, 5) is 3.17. The lowest BCUT2D eigenvalue weighted by Crippen LogP contribution is -2.54. The predicted molar refractivity (Wildman–Crippen MR) is 168 cm³/mol. The molecule has 4 aromatic carbocycles. The van der Waals surface area contributed by atoms with Gasteiger partial charge in [0.15, 0.2) is 0 Å². The molecule has 1 N–H and O–H groups in total. The summed E-state index contributed by atoms with van der Waals surface area (Å²) in [6.07, 6.45) is -2.51. The van der Waals surface area contributed by atoms with Gasteiger partial charge in [-0.2, -0.15) is 0 Å². The first-order chi connectivity index (χ1) is 20.5. The Balaban J connectivity index is 1.43. The van der Waals surface area contributed by atoms with Crippen LogP contribution in [0.3, 0.4) is 0 Å². The van der Waals surface area contributed by atoms with Crippen molar-refractivity contribution in [2.24, 2.45) is 5.11 Å². The lowest BCUT2D eigenvalue weighted by molar-refractivity contribution is -0.209. The zero-order chi connectivity index (χ0) is 29.3. The van der Waals surface area contributed by atoms with Crippen LogP contribution in [0.4, 0.5) is 0 Å². The quantitative estimate of drug-likeness (QED) is 0.0753. The van der Waals surface area contributed by atoms with Crippen molar-refractivity contribution >= 4 is 22.6 Å². The molecule has 5 rings (SSSR count). The van der Waals surface area contributed by atoms with Gasteiger partial charge >= 0.3 is 0 Å². The molecule has 1 fully saturated rings. The number of benzene rings is 4. The standard InChI is InChI=1S/C33H32IN3O5/c1-22-31(40-20-24-13-7-3-8-14-24)29(36-37-35)33(41-21-25-15-9-4-10-16-25)32(42-22)26-17-18-27(28(34)30(26)38)39-19-23-11-5-2-6-12-23/h2-18,22,29,31-33,38H,19-21H2,1H3/t22-,29+,31+,32+,33-/m0/s1. The lowest BCUT2D eigenvalue weighted by Gasteiger charge is -2.44. The Kier molecular flexibility index (Phi) is 10.3. The Morgan fingerprint density at radius 2 is 1.31 bits per heavy atom. The molecule has 9 heteroatoms. The molecule has 0 aromatic heterocycles. The Hall–Kier alpha value is -3.60. The molecular weight excluding hydrogens is 645 g/mol. The molecule has 0 bridgehead atoms. The monoisotopic (exact) mass is 677 g/mol. The van der Waals surface area contributed by atoms with Crippen LogP contribution in [0.15, 0.2) is 108 Å². The number of hydrogen-bond acceptors (Lipinski definition) is 6. The summed E-state index contributed by atoms with van der Waals surface area (Å²) in [5, 5.41) is 15.6. The van der Waals surface area contributed by atoms with Crippen LogP contribution >= 0.6 is 22.6 Å². The van der Waals surface area contributed by atoms with Gasteiger partial charge in [-0.1, -0.05) is 96.1 Å². The molecule has 5 atom stereocenters. The maximum absolute atomic E-state index is 11.4. The summed E-state index contributed by atoms with van der Waals surface area (Å²) in [6.45, 7) is 2.84. The molecule has 1 heterocycles. The van der Waals surface area contributed by atoms with Gasteiger partial charge in [0, 0.05) is 10.5 Å². The van der Waals surface area contributed by atoms with Crippen LogP contribution in [-0.4, -0.2) is 29.5 Å². The first kappa shape index (κ1) is 29.9. The molecule has 0 radical (unpaired) electrons. The van der Waals surface area contributed by atoms with E-state index in [2.05, 4.69) is 32.6 Å². The highest BCUT2D eigenvalue weighted by Crippen LogP contribution is 2.44. The third-order valence-corrected chi connectivity index (χ3v) is 8.25. The summed E-state index contributed by atoms with van der Waals surface area (Å²) in [7, 11) is 0. The number of halogens is 1. The Labute approximate surface area is 259 Å². The van der Waals surface area contributed by atoms with Gasteiger partial charge in [-0.15, -0.1) is 0 Å². The average molecular weight is 678 g/mol. The van der Waals surface area contributed by atoms with Crippen molar-refractivity contribution < 1.29 is 24.1 Å². The fourth-order valence-electron chi connectivity index (χ4n) is 5.06. The number of phenols is 1. The van der Waals surface area contributed by atoms with Gasteiger partial charge in [0.05, 0.1) is 41.1 Å². The van der Waals surface area contributed by atoms with Crippen LogP contribution < -0.4 is 4.74 Å². The van der Waals surface area contributed by atoms with Crippen molar-refractivity contribution in [1.82, 2.24) is 0 Å². The second kappa shape index (κ2) is 14.5. The van der Waals surface area contributed by atoms with Gasteiger partial charge in [-0.05, 0) is 63.9 Å². The smallest absolute Gasteiger partial charge is 0.138 e. The Morgan fingerprint density at radius 1 is 0.786 bits per heavy atom. The SMILES string of the molecule is C[C@@H]1O[C@H](c2ccc(OCc3ccccc3)c(I)c2O)[C@@H](OCc2ccccc2)[C@H](N=[N+]=[N-])[C@@H]1OCc1ccccc1. The minimum atomic E-state index is -0.740. The number of rotatable bonds is 11. The van der Waals surface area contributed by atoms with Crippen molar-refractivity contribution in [1.29, 1.82) is 0 Å². The maximum Gasteiger partial charge on any atom is 0.138 e. The van der Waals surface area contributed by atoms with E-state index in [0.29, 0.717) is 28.1 Å². The van der Waals surface area contributed by atoms with E-state index in [9.17, 15) is 10.6 Å². The molecular formula is C33H32IN3O5. The summed E-state index contributed by atoms with van der Waals surface area (Å²) in [5.74, 6) is 0.594. The van der Waals surface area contributed by atoms with Gasteiger partial charge in [0.1, 0.15) is 24.2 Å². The van der Waals surface area contributed by atoms with E-state index in [1.807, 2.05) is 104 Å². The Morgan fingerprint density at radius 3 is 1.86 bits per heavy atom. The highest BCUT2D eigenvalue weighted by Gasteiger charge is 2.47. The highest BCUT2D eigenvalue weighted by molar-refractivity contribution is 14.1. The van der Waals surface area contributed by atoms with Crippen LogP contribution in [0.25, 0.3) is 10.4 Å². The summed E-state index contributed by atoms with van der Waals surface area (Å²) in [5.41, 5.74) is 13.1. The van der Waals surface area contributed by atoms with E-state index in [1.54, 1.807) is 6.07 Å². The van der Waals surface area contributed by atoms with Crippen molar-refractivity contribution in [2.45, 2.75) is 57.2 Å². The molecule has 0 aliphatic carbocycles. The van der Waals surface area contributed by atoms with E-state index in [0.717, 1.165) is 16.7 Å². The molecule has 0 unspecified atom stereocenters. The van der Waals surface area contributed by atoms with Gasteiger partial charge in [0.25, 0.3) is 0 Å². The predicted octanol–water partition coefficient (Wildman–Crippen LogP) is 7.89. The van der Waals surface area contributed by atoms with Gasteiger partial charge in [-0.3, -0.25) is 0 Å². The zero-order valence-electron chi connectivity index (χ0n) is 23.1. The van der Waals surface area contributed by atoms with Crippen LogP contribution in [0, 0.1) is 3.57 Å². The van der Waals surface area contributed by atoms with Crippen LogP contribution in [0.2, 0.25) is 0 Å². The molecule has 42 heavy (non-hydrogen) atoms. The number of aromatic hydroxyl groups is 1. The topological polar surface area (TPSA) is 106 Å². The summed E-state index contributed by atoms with van der Waals surface area (Å²) >= 11 is 2.08. The van der Waals surface area contributed by atoms with Crippen molar-refractivity contribution in [2.75, 3.05) is 0 Å². The molecule has 8 nitrogen and oxygen atoms in total. The number of phenolic OH excluding ortho intramolecular Hbond substituents is 1. The number of ether oxygens (including phenoxy) is 4. The highest BCUT2D eigenvalue weighted by atomic mass is 127. The fourth-order valence-corrected chi connectivity index (χ4v) is 5.71. The van der Waals surface area contributed by atoms with Gasteiger partial charge < -0.3 is 24.1 Å². The average Bonchev–Trinajstić information content (AvgIpc) is 3.02. The normalized spacial score (nSPS) is 21.8. The molecule has 0 amide bonds. The van der Waals surface area contributed by atoms with E-state index >= 15 is 0 Å². The molecule has 4 aromatic rings. The second-order valence-electron chi connectivity index (χ2n) is 10.1. The largest absolute Gasteiger partial charge is 0.506 e. The van der Waals surface area contributed by atoms with Crippen LogP contribution in [0.1, 0.15) is 35.3 Å². The third kappa shape index (κ3) is 7.24. The first-order valence-corrected chi connectivity index (χ1v) is 14.8. The minimum absolute atomic E-state index is 0.0370. The molecule has 0 saturated carbocycles. The van der Waals surface area contributed by atoms with Crippen molar-refractivity contribution in [3.05, 3.63) is 139 Å². The molecule has 216 valence electrons. The molecule has 0 spiro atoms. The number of nitrogens with zero attached hydrogens (tertiary/aromatic N) is 3. The van der Waals surface area contributed by atoms with E-state index in [1.165, 1.54) is 0 Å². The lowest BCUT2D eigenvalue weighted by atomic mass is 9.89. The first-order valence-electron chi connectivity index (χ1n) is 13.7. The fraction of sp³-hybridized carbons (Fsp3) is 0.273. The maximum atomic E-state index is 11.4. The number of azide groups is 1. The zero-order valence-corrected chi connectivity index (χ0v) is 25.3.